The van der Waals surface area contributed by atoms with Gasteiger partial charge in [0.25, 0.3) is 5.91 Å². The van der Waals surface area contributed by atoms with Gasteiger partial charge < -0.3 is 9.64 Å². The number of methoxy groups -OCH3 is 1. The molecule has 3 aromatic rings. The minimum absolute atomic E-state index is 0.133. The van der Waals surface area contributed by atoms with Gasteiger partial charge in [-0.3, -0.25) is 14.5 Å². The Morgan fingerprint density at radius 2 is 1.56 bits per heavy atom. The number of amides is 2. The van der Waals surface area contributed by atoms with Gasteiger partial charge in [0.15, 0.2) is 0 Å². The number of hydrogen-bond acceptors (Lipinski definition) is 3. The average molecular weight is 497 g/mol. The van der Waals surface area contributed by atoms with Crippen LogP contribution in [0.2, 0.25) is 0 Å². The van der Waals surface area contributed by atoms with Crippen LogP contribution in [0.1, 0.15) is 46.4 Å². The first-order chi connectivity index (χ1) is 17.0. The number of hydrogen-bond donors (Lipinski definition) is 0. The Balaban J connectivity index is 1.83. The lowest BCUT2D eigenvalue weighted by molar-refractivity contribution is -0.171. The number of alkyl halides is 3. The standard InChI is InChI=1S/C28H27F3N2O3/c1-17-5-10-21(11-6-17)33(27(35)28(29,30)31)25-16-19(3)32(24-14-7-18(2)15-23(24)25)26(34)20-8-12-22(36-4)13-9-20/h5-15,19,25H,16H2,1-4H3/t19-,25+/m0/s1. The van der Waals surface area contributed by atoms with Crippen LogP contribution < -0.4 is 14.5 Å². The molecule has 36 heavy (non-hydrogen) atoms. The van der Waals surface area contributed by atoms with E-state index in [1.54, 1.807) is 60.4 Å². The molecule has 0 aliphatic carbocycles. The highest BCUT2D eigenvalue weighted by Gasteiger charge is 2.48. The number of aryl methyl sites for hydroxylation is 2. The van der Waals surface area contributed by atoms with Gasteiger partial charge in [-0.05, 0) is 75.2 Å². The maximum Gasteiger partial charge on any atom is 0.471 e. The van der Waals surface area contributed by atoms with Gasteiger partial charge >= 0.3 is 12.1 Å². The Morgan fingerprint density at radius 3 is 2.14 bits per heavy atom. The predicted molar refractivity (Wildman–Crippen MR) is 133 cm³/mol. The normalized spacial score (nSPS) is 17.4. The van der Waals surface area contributed by atoms with Crippen LogP contribution in [0.15, 0.2) is 66.7 Å². The lowest BCUT2D eigenvalue weighted by Gasteiger charge is -2.43. The van der Waals surface area contributed by atoms with Crippen molar-refractivity contribution in [2.75, 3.05) is 16.9 Å². The topological polar surface area (TPSA) is 49.9 Å². The van der Waals surface area contributed by atoms with Crippen molar-refractivity contribution in [3.63, 3.8) is 0 Å². The molecule has 0 unspecified atom stereocenters. The number of rotatable bonds is 4. The molecule has 0 bridgehead atoms. The van der Waals surface area contributed by atoms with E-state index >= 15 is 0 Å². The van der Waals surface area contributed by atoms with Crippen molar-refractivity contribution in [3.05, 3.63) is 89.0 Å². The lowest BCUT2D eigenvalue weighted by atomic mass is 9.88. The molecule has 4 rings (SSSR count). The summed E-state index contributed by atoms with van der Waals surface area (Å²) in [7, 11) is 1.53. The summed E-state index contributed by atoms with van der Waals surface area (Å²) >= 11 is 0. The first-order valence-electron chi connectivity index (χ1n) is 11.6. The van der Waals surface area contributed by atoms with Gasteiger partial charge in [-0.15, -0.1) is 0 Å². The highest BCUT2D eigenvalue weighted by atomic mass is 19.4. The Kier molecular flexibility index (Phi) is 6.80. The van der Waals surface area contributed by atoms with E-state index < -0.39 is 24.2 Å². The van der Waals surface area contributed by atoms with E-state index in [0.717, 1.165) is 16.0 Å². The number of ether oxygens (including phenoxy) is 1. The van der Waals surface area contributed by atoms with Crippen molar-refractivity contribution in [2.24, 2.45) is 0 Å². The first-order valence-corrected chi connectivity index (χ1v) is 11.6. The number of nitrogens with zero attached hydrogens (tertiary/aromatic N) is 2. The molecule has 2 atom stereocenters. The van der Waals surface area contributed by atoms with Crippen molar-refractivity contribution in [1.82, 2.24) is 0 Å². The summed E-state index contributed by atoms with van der Waals surface area (Å²) in [6.07, 6.45) is -4.93. The third kappa shape index (κ3) is 4.80. The van der Waals surface area contributed by atoms with Crippen LogP contribution in [0.3, 0.4) is 0 Å². The van der Waals surface area contributed by atoms with Gasteiger partial charge in [0.05, 0.1) is 13.2 Å². The van der Waals surface area contributed by atoms with Crippen LogP contribution >= 0.6 is 0 Å². The van der Waals surface area contributed by atoms with Gasteiger partial charge in [0.2, 0.25) is 0 Å². The minimum atomic E-state index is -5.06. The van der Waals surface area contributed by atoms with Crippen LogP contribution in [-0.4, -0.2) is 31.1 Å². The first kappa shape index (κ1) is 25.3. The number of carbonyl (C=O) groups excluding carboxylic acids is 2. The second-order valence-corrected chi connectivity index (χ2v) is 9.07. The number of benzene rings is 3. The van der Waals surface area contributed by atoms with Crippen molar-refractivity contribution in [3.8, 4) is 5.75 Å². The summed E-state index contributed by atoms with van der Waals surface area (Å²) in [6, 6.07) is 17.0. The van der Waals surface area contributed by atoms with E-state index in [2.05, 4.69) is 0 Å². The van der Waals surface area contributed by atoms with Gasteiger partial charge in [0, 0.05) is 23.0 Å². The predicted octanol–water partition coefficient (Wildman–Crippen LogP) is 6.39. The summed E-state index contributed by atoms with van der Waals surface area (Å²) < 4.78 is 46.6. The minimum Gasteiger partial charge on any atom is -0.497 e. The van der Waals surface area contributed by atoms with Crippen molar-refractivity contribution < 1.29 is 27.5 Å². The van der Waals surface area contributed by atoms with Gasteiger partial charge in [-0.25, -0.2) is 0 Å². The summed E-state index contributed by atoms with van der Waals surface area (Å²) in [4.78, 5) is 28.7. The monoisotopic (exact) mass is 496 g/mol. The van der Waals surface area contributed by atoms with Crippen molar-refractivity contribution in [2.45, 2.75) is 45.5 Å². The maximum atomic E-state index is 13.8. The second kappa shape index (κ2) is 9.68. The number of fused-ring (bicyclic) bond motifs is 1. The van der Waals surface area contributed by atoms with Crippen molar-refractivity contribution >= 4 is 23.2 Å². The highest BCUT2D eigenvalue weighted by Crippen LogP contribution is 2.44. The Morgan fingerprint density at radius 1 is 0.944 bits per heavy atom. The molecule has 1 heterocycles. The number of anilines is 2. The summed E-state index contributed by atoms with van der Waals surface area (Å²) in [6.45, 7) is 5.43. The Bertz CT molecular complexity index is 1270. The fourth-order valence-electron chi connectivity index (χ4n) is 4.66. The number of carbonyl (C=O) groups is 2. The summed E-state index contributed by atoms with van der Waals surface area (Å²) in [5, 5.41) is 0. The second-order valence-electron chi connectivity index (χ2n) is 9.07. The maximum absolute atomic E-state index is 13.8. The smallest absolute Gasteiger partial charge is 0.471 e. The van der Waals surface area contributed by atoms with Crippen LogP contribution in [-0.2, 0) is 4.79 Å². The summed E-state index contributed by atoms with van der Waals surface area (Å²) in [5.41, 5.74) is 3.23. The molecule has 0 aromatic heterocycles. The Labute approximate surface area is 208 Å². The molecule has 5 nitrogen and oxygen atoms in total. The van der Waals surface area contributed by atoms with E-state index in [1.807, 2.05) is 19.9 Å². The third-order valence-electron chi connectivity index (χ3n) is 6.45. The summed E-state index contributed by atoms with van der Waals surface area (Å²) in [5.74, 6) is -1.61. The highest BCUT2D eigenvalue weighted by molar-refractivity contribution is 6.08. The van der Waals surface area contributed by atoms with Crippen LogP contribution in [0, 0.1) is 13.8 Å². The lowest BCUT2D eigenvalue weighted by Crippen LogP contribution is -2.50. The molecule has 0 spiro atoms. The van der Waals surface area contributed by atoms with E-state index in [9.17, 15) is 22.8 Å². The fourth-order valence-corrected chi connectivity index (χ4v) is 4.66. The quantitative estimate of drug-likeness (QED) is 0.421. The molecule has 1 aliphatic heterocycles. The molecule has 1 aliphatic rings. The molecular weight excluding hydrogens is 469 g/mol. The fraction of sp³-hybridized carbons (Fsp3) is 0.286. The third-order valence-corrected chi connectivity index (χ3v) is 6.45. The molecule has 0 radical (unpaired) electrons. The molecule has 3 aromatic carbocycles. The van der Waals surface area contributed by atoms with Gasteiger partial charge in [-0.2, -0.15) is 13.2 Å². The zero-order valence-electron chi connectivity index (χ0n) is 20.5. The molecule has 0 saturated carbocycles. The molecule has 0 saturated heterocycles. The number of halogens is 3. The van der Waals surface area contributed by atoms with Gasteiger partial charge in [0.1, 0.15) is 5.75 Å². The molecule has 188 valence electrons. The molecule has 0 fully saturated rings. The SMILES string of the molecule is COc1ccc(C(=O)N2c3ccc(C)cc3[C@H](N(C(=O)C(F)(F)F)c3ccc(C)cc3)C[C@@H]2C)cc1. The van der Waals surface area contributed by atoms with Crippen LogP contribution in [0.4, 0.5) is 24.5 Å². The van der Waals surface area contributed by atoms with Gasteiger partial charge in [-0.1, -0.05) is 35.4 Å². The molecule has 8 heteroatoms. The molecular formula is C28H27F3N2O3. The van der Waals surface area contributed by atoms with E-state index in [0.29, 0.717) is 22.6 Å². The van der Waals surface area contributed by atoms with E-state index in [4.69, 9.17) is 4.74 Å². The van der Waals surface area contributed by atoms with Crippen molar-refractivity contribution in [1.29, 1.82) is 0 Å². The van der Waals surface area contributed by atoms with E-state index in [-0.39, 0.29) is 18.0 Å². The molecule has 2 amide bonds. The van der Waals surface area contributed by atoms with Crippen LogP contribution in [0.5, 0.6) is 5.75 Å². The zero-order valence-corrected chi connectivity index (χ0v) is 20.5. The Hall–Kier alpha value is -3.81. The average Bonchev–Trinajstić information content (AvgIpc) is 2.84. The zero-order chi connectivity index (χ0) is 26.2. The van der Waals surface area contributed by atoms with E-state index in [1.165, 1.54) is 19.2 Å². The van der Waals surface area contributed by atoms with Crippen LogP contribution in [0.25, 0.3) is 0 Å². The molecule has 0 N–H and O–H groups in total. The largest absolute Gasteiger partial charge is 0.497 e.